The maximum atomic E-state index is 11.7. The number of likely N-dealkylation sites (N-methyl/N-ethyl adjacent to an activating group) is 1. The van der Waals surface area contributed by atoms with Gasteiger partial charge < -0.3 is 15.4 Å². The summed E-state index contributed by atoms with van der Waals surface area (Å²) in [5.74, 6) is 0.102. The summed E-state index contributed by atoms with van der Waals surface area (Å²) in [6.07, 6.45) is 2.61. The van der Waals surface area contributed by atoms with Crippen molar-refractivity contribution in [3.05, 3.63) is 0 Å². The third-order valence-corrected chi connectivity index (χ3v) is 3.37. The van der Waals surface area contributed by atoms with E-state index >= 15 is 0 Å². The smallest absolute Gasteiger partial charge is 0.238 e. The number of carbonyl (C=O) groups excluding carboxylic acids is 1. The molecular weight excluding hydrogens is 206 g/mol. The van der Waals surface area contributed by atoms with Crippen molar-refractivity contribution in [2.24, 2.45) is 0 Å². The van der Waals surface area contributed by atoms with Crippen LogP contribution in [-0.4, -0.2) is 62.8 Å². The molecule has 2 N–H and O–H groups in total. The molecule has 2 heterocycles. The normalized spacial score (nSPS) is 31.6. The molecule has 0 aromatic rings. The molecule has 0 aromatic heterocycles. The van der Waals surface area contributed by atoms with Gasteiger partial charge >= 0.3 is 0 Å². The van der Waals surface area contributed by atoms with E-state index in [0.717, 1.165) is 45.6 Å². The Morgan fingerprint density at radius 1 is 1.62 bits per heavy atom. The van der Waals surface area contributed by atoms with Crippen LogP contribution in [0.5, 0.6) is 0 Å². The molecule has 2 saturated heterocycles. The van der Waals surface area contributed by atoms with Gasteiger partial charge in [-0.2, -0.15) is 0 Å². The first-order valence-electron chi connectivity index (χ1n) is 6.09. The molecule has 16 heavy (non-hydrogen) atoms. The van der Waals surface area contributed by atoms with E-state index < -0.39 is 0 Å². The lowest BCUT2D eigenvalue weighted by Gasteiger charge is -2.36. The van der Waals surface area contributed by atoms with E-state index in [4.69, 9.17) is 4.74 Å². The Kier molecular flexibility index (Phi) is 4.15. The van der Waals surface area contributed by atoms with Crippen molar-refractivity contribution in [2.45, 2.75) is 25.0 Å². The van der Waals surface area contributed by atoms with Gasteiger partial charge in [0.1, 0.15) is 6.04 Å². The van der Waals surface area contributed by atoms with E-state index in [1.165, 1.54) is 0 Å². The summed E-state index contributed by atoms with van der Waals surface area (Å²) in [6, 6.07) is -0.0389. The first-order valence-corrected chi connectivity index (χ1v) is 6.09. The van der Waals surface area contributed by atoms with Crippen LogP contribution in [0.4, 0.5) is 0 Å². The van der Waals surface area contributed by atoms with Crippen molar-refractivity contribution in [1.29, 1.82) is 0 Å². The van der Waals surface area contributed by atoms with Crippen LogP contribution in [0.15, 0.2) is 0 Å². The van der Waals surface area contributed by atoms with E-state index in [0.29, 0.717) is 6.10 Å². The van der Waals surface area contributed by atoms with Crippen LogP contribution >= 0.6 is 0 Å². The first-order chi connectivity index (χ1) is 7.81. The van der Waals surface area contributed by atoms with Crippen LogP contribution in [0.3, 0.4) is 0 Å². The van der Waals surface area contributed by atoms with Crippen LogP contribution in [0.25, 0.3) is 0 Å². The van der Waals surface area contributed by atoms with Crippen LogP contribution in [0.1, 0.15) is 12.8 Å². The van der Waals surface area contributed by atoms with E-state index in [1.54, 1.807) is 7.05 Å². The topological polar surface area (TPSA) is 53.6 Å². The van der Waals surface area contributed by atoms with Crippen molar-refractivity contribution in [1.82, 2.24) is 15.5 Å². The molecule has 2 aliphatic heterocycles. The molecule has 5 nitrogen and oxygen atoms in total. The number of piperazine rings is 1. The lowest BCUT2D eigenvalue weighted by atomic mass is 10.1. The van der Waals surface area contributed by atoms with Gasteiger partial charge in [0.05, 0.1) is 6.10 Å². The van der Waals surface area contributed by atoms with Gasteiger partial charge in [0, 0.05) is 39.8 Å². The minimum absolute atomic E-state index is 0.0389. The fourth-order valence-corrected chi connectivity index (χ4v) is 2.44. The van der Waals surface area contributed by atoms with Crippen molar-refractivity contribution >= 4 is 5.91 Å². The predicted molar refractivity (Wildman–Crippen MR) is 61.3 cm³/mol. The third-order valence-electron chi connectivity index (χ3n) is 3.37. The Labute approximate surface area is 96.5 Å². The molecule has 0 aromatic carbocycles. The monoisotopic (exact) mass is 227 g/mol. The fourth-order valence-electron chi connectivity index (χ4n) is 2.44. The first kappa shape index (κ1) is 11.8. The summed E-state index contributed by atoms with van der Waals surface area (Å²) in [5.41, 5.74) is 0. The van der Waals surface area contributed by atoms with E-state index in [2.05, 4.69) is 15.5 Å². The number of amides is 1. The molecule has 0 radical (unpaired) electrons. The summed E-state index contributed by atoms with van der Waals surface area (Å²) in [4.78, 5) is 14.0. The second kappa shape index (κ2) is 5.61. The zero-order valence-corrected chi connectivity index (χ0v) is 9.87. The summed E-state index contributed by atoms with van der Waals surface area (Å²) in [5, 5.41) is 5.99. The molecular formula is C11H21N3O2. The van der Waals surface area contributed by atoms with Gasteiger partial charge in [-0.05, 0) is 12.8 Å². The molecule has 5 heteroatoms. The average molecular weight is 227 g/mol. The zero-order valence-electron chi connectivity index (χ0n) is 9.87. The lowest BCUT2D eigenvalue weighted by Crippen LogP contribution is -2.58. The van der Waals surface area contributed by atoms with Gasteiger partial charge in [0.25, 0.3) is 0 Å². The molecule has 0 aliphatic carbocycles. The Hall–Kier alpha value is -0.650. The predicted octanol–water partition coefficient (Wildman–Crippen LogP) is -0.815. The molecule has 2 atom stereocenters. The van der Waals surface area contributed by atoms with Gasteiger partial charge in [-0.3, -0.25) is 9.69 Å². The Bertz CT molecular complexity index is 241. The SMILES string of the molecule is CNC(=O)C1CNCCN1CC1CCCO1. The molecule has 92 valence electrons. The number of ether oxygens (including phenoxy) is 1. The molecule has 1 amide bonds. The number of carbonyl (C=O) groups is 1. The number of nitrogens with zero attached hydrogens (tertiary/aromatic N) is 1. The largest absolute Gasteiger partial charge is 0.377 e. The molecule has 0 spiro atoms. The van der Waals surface area contributed by atoms with Crippen molar-refractivity contribution in [3.8, 4) is 0 Å². The minimum atomic E-state index is -0.0389. The highest BCUT2D eigenvalue weighted by molar-refractivity contribution is 5.81. The quantitative estimate of drug-likeness (QED) is 0.662. The Morgan fingerprint density at radius 3 is 3.19 bits per heavy atom. The van der Waals surface area contributed by atoms with Gasteiger partial charge in [-0.15, -0.1) is 0 Å². The number of rotatable bonds is 3. The molecule has 2 unspecified atom stereocenters. The van der Waals surface area contributed by atoms with Crippen molar-refractivity contribution in [3.63, 3.8) is 0 Å². The van der Waals surface area contributed by atoms with Crippen molar-refractivity contribution < 1.29 is 9.53 Å². The Balaban J connectivity index is 1.90. The van der Waals surface area contributed by atoms with Crippen molar-refractivity contribution in [2.75, 3.05) is 39.8 Å². The standard InChI is InChI=1S/C11H21N3O2/c1-12-11(15)10-7-13-4-5-14(10)8-9-3-2-6-16-9/h9-10,13H,2-8H2,1H3,(H,12,15). The van der Waals surface area contributed by atoms with Gasteiger partial charge in [-0.25, -0.2) is 0 Å². The van der Waals surface area contributed by atoms with Crippen LogP contribution in [-0.2, 0) is 9.53 Å². The highest BCUT2D eigenvalue weighted by Crippen LogP contribution is 2.15. The molecule has 2 rings (SSSR count). The lowest BCUT2D eigenvalue weighted by molar-refractivity contribution is -0.127. The number of hydrogen-bond donors (Lipinski definition) is 2. The molecule has 0 saturated carbocycles. The van der Waals surface area contributed by atoms with E-state index in [-0.39, 0.29) is 11.9 Å². The summed E-state index contributed by atoms with van der Waals surface area (Å²) >= 11 is 0. The number of nitrogens with one attached hydrogen (secondary N) is 2. The molecule has 2 fully saturated rings. The molecule has 2 aliphatic rings. The number of hydrogen-bond acceptors (Lipinski definition) is 4. The minimum Gasteiger partial charge on any atom is -0.377 e. The average Bonchev–Trinajstić information content (AvgIpc) is 2.82. The second-order valence-electron chi connectivity index (χ2n) is 4.46. The fraction of sp³-hybridized carbons (Fsp3) is 0.909. The zero-order chi connectivity index (χ0) is 11.4. The summed E-state index contributed by atoms with van der Waals surface area (Å²) in [6.45, 7) is 4.39. The molecule has 0 bridgehead atoms. The third kappa shape index (κ3) is 2.72. The van der Waals surface area contributed by atoms with Gasteiger partial charge in [0.15, 0.2) is 0 Å². The maximum Gasteiger partial charge on any atom is 0.238 e. The summed E-state index contributed by atoms with van der Waals surface area (Å²) < 4.78 is 5.62. The van der Waals surface area contributed by atoms with Gasteiger partial charge in [-0.1, -0.05) is 0 Å². The van der Waals surface area contributed by atoms with E-state index in [1.807, 2.05) is 0 Å². The second-order valence-corrected chi connectivity index (χ2v) is 4.46. The highest BCUT2D eigenvalue weighted by atomic mass is 16.5. The van der Waals surface area contributed by atoms with Crippen LogP contribution < -0.4 is 10.6 Å². The summed E-state index contributed by atoms with van der Waals surface area (Å²) in [7, 11) is 1.70. The van der Waals surface area contributed by atoms with Gasteiger partial charge in [0.2, 0.25) is 5.91 Å². The Morgan fingerprint density at radius 2 is 2.50 bits per heavy atom. The van der Waals surface area contributed by atoms with Crippen LogP contribution in [0.2, 0.25) is 0 Å². The van der Waals surface area contributed by atoms with E-state index in [9.17, 15) is 4.79 Å². The van der Waals surface area contributed by atoms with Crippen LogP contribution in [0, 0.1) is 0 Å². The highest BCUT2D eigenvalue weighted by Gasteiger charge is 2.30. The maximum absolute atomic E-state index is 11.7.